The van der Waals surface area contributed by atoms with Crippen LogP contribution in [0.1, 0.15) is 26.3 Å². The summed E-state index contributed by atoms with van der Waals surface area (Å²) < 4.78 is 5.37. The highest BCUT2D eigenvalue weighted by atomic mass is 16.5. The summed E-state index contributed by atoms with van der Waals surface area (Å²) in [5.74, 6) is 0.781. The summed E-state index contributed by atoms with van der Waals surface area (Å²) in [5, 5.41) is 3.07. The van der Waals surface area contributed by atoms with E-state index in [-0.39, 0.29) is 5.91 Å². The largest absolute Gasteiger partial charge is 0.497 e. The molecule has 0 saturated heterocycles. The van der Waals surface area contributed by atoms with Gasteiger partial charge in [-0.05, 0) is 30.2 Å². The number of benzene rings is 2. The van der Waals surface area contributed by atoms with Gasteiger partial charge in [0.05, 0.1) is 12.8 Å². The summed E-state index contributed by atoms with van der Waals surface area (Å²) in [5.41, 5.74) is 3.40. The van der Waals surface area contributed by atoms with E-state index in [4.69, 9.17) is 4.74 Å². The molecule has 0 aliphatic heterocycles. The number of nitrogens with one attached hydrogen (secondary N) is 1. The number of carbonyl (C=O) groups excluding carboxylic acids is 1. The summed E-state index contributed by atoms with van der Waals surface area (Å²) in [7, 11) is 1.65. The first kappa shape index (κ1) is 16.1. The zero-order valence-electron chi connectivity index (χ0n) is 13.9. The molecule has 0 bridgehead atoms. The quantitative estimate of drug-likeness (QED) is 0.895. The molecule has 0 atom stereocenters. The number of ether oxygens (including phenoxy) is 1. The fourth-order valence-corrected chi connectivity index (χ4v) is 2.18. The molecule has 0 aromatic heterocycles. The highest BCUT2D eigenvalue weighted by Crippen LogP contribution is 2.35. The monoisotopic (exact) mass is 297 g/mol. The summed E-state index contributed by atoms with van der Waals surface area (Å²) in [6, 6.07) is 13.9. The Morgan fingerprint density at radius 2 is 1.73 bits per heavy atom. The number of hydrogen-bond donors (Lipinski definition) is 1. The molecule has 22 heavy (non-hydrogen) atoms. The lowest BCUT2D eigenvalue weighted by Crippen LogP contribution is -2.28. The van der Waals surface area contributed by atoms with Crippen LogP contribution in [0.15, 0.2) is 42.5 Å². The van der Waals surface area contributed by atoms with Crippen molar-refractivity contribution >= 4 is 11.6 Å². The summed E-state index contributed by atoms with van der Waals surface area (Å²) in [6.45, 7) is 7.70. The first-order chi connectivity index (χ1) is 10.3. The second kappa shape index (κ2) is 6.22. The summed E-state index contributed by atoms with van der Waals surface area (Å²) in [4.78, 5) is 12.4. The molecule has 2 aromatic rings. The van der Waals surface area contributed by atoms with E-state index in [9.17, 15) is 4.79 Å². The molecule has 1 N–H and O–H groups in total. The Balaban J connectivity index is 2.55. The van der Waals surface area contributed by atoms with Crippen molar-refractivity contribution in [2.45, 2.75) is 27.7 Å². The Morgan fingerprint density at radius 1 is 1.09 bits per heavy atom. The zero-order chi connectivity index (χ0) is 16.3. The Hall–Kier alpha value is -2.29. The van der Waals surface area contributed by atoms with Gasteiger partial charge in [0.1, 0.15) is 5.75 Å². The first-order valence-electron chi connectivity index (χ1n) is 7.38. The molecule has 0 aliphatic rings. The predicted molar refractivity (Wildman–Crippen MR) is 91.3 cm³/mol. The molecule has 3 heteroatoms. The molecule has 0 radical (unpaired) electrons. The van der Waals surface area contributed by atoms with E-state index >= 15 is 0 Å². The smallest absolute Gasteiger partial charge is 0.229 e. The van der Waals surface area contributed by atoms with Crippen LogP contribution in [0, 0.1) is 12.3 Å². The molecule has 3 nitrogen and oxygen atoms in total. The first-order valence-corrected chi connectivity index (χ1v) is 7.38. The topological polar surface area (TPSA) is 38.3 Å². The molecule has 1 amide bonds. The normalized spacial score (nSPS) is 11.1. The maximum Gasteiger partial charge on any atom is 0.229 e. The van der Waals surface area contributed by atoms with E-state index in [1.54, 1.807) is 7.11 Å². The van der Waals surface area contributed by atoms with Gasteiger partial charge >= 0.3 is 0 Å². The number of carbonyl (C=O) groups is 1. The van der Waals surface area contributed by atoms with Gasteiger partial charge < -0.3 is 10.1 Å². The lowest BCUT2D eigenvalue weighted by Gasteiger charge is -2.21. The molecule has 0 saturated carbocycles. The molecule has 116 valence electrons. The van der Waals surface area contributed by atoms with Crippen LogP contribution in [0.5, 0.6) is 5.75 Å². The van der Waals surface area contributed by atoms with Crippen molar-refractivity contribution in [1.29, 1.82) is 0 Å². The van der Waals surface area contributed by atoms with E-state index in [1.807, 2.05) is 70.2 Å². The van der Waals surface area contributed by atoms with E-state index in [1.165, 1.54) is 0 Å². The van der Waals surface area contributed by atoms with Crippen molar-refractivity contribution in [1.82, 2.24) is 0 Å². The van der Waals surface area contributed by atoms with Gasteiger partial charge in [0.25, 0.3) is 0 Å². The second-order valence-electron chi connectivity index (χ2n) is 6.44. The molecular formula is C19H23NO2. The van der Waals surface area contributed by atoms with Crippen LogP contribution in [0.4, 0.5) is 5.69 Å². The van der Waals surface area contributed by atoms with Gasteiger partial charge in [0.2, 0.25) is 5.91 Å². The minimum Gasteiger partial charge on any atom is -0.497 e. The van der Waals surface area contributed by atoms with Crippen molar-refractivity contribution in [2.75, 3.05) is 12.4 Å². The molecule has 2 aromatic carbocycles. The van der Waals surface area contributed by atoms with Gasteiger partial charge in [-0.3, -0.25) is 4.79 Å². The van der Waals surface area contributed by atoms with Gasteiger partial charge in [-0.25, -0.2) is 0 Å². The number of aryl methyl sites for hydroxylation is 1. The van der Waals surface area contributed by atoms with E-state index in [0.717, 1.165) is 28.1 Å². The van der Waals surface area contributed by atoms with Crippen molar-refractivity contribution in [2.24, 2.45) is 5.41 Å². The Morgan fingerprint density at radius 3 is 2.27 bits per heavy atom. The maximum atomic E-state index is 12.4. The lowest BCUT2D eigenvalue weighted by molar-refractivity contribution is -0.123. The Labute approximate surface area is 132 Å². The minimum atomic E-state index is -0.444. The van der Waals surface area contributed by atoms with Crippen LogP contribution >= 0.6 is 0 Å². The summed E-state index contributed by atoms with van der Waals surface area (Å²) in [6.07, 6.45) is 0. The summed E-state index contributed by atoms with van der Waals surface area (Å²) >= 11 is 0. The van der Waals surface area contributed by atoms with Gasteiger partial charge in [-0.2, -0.15) is 0 Å². The van der Waals surface area contributed by atoms with E-state index in [2.05, 4.69) is 5.32 Å². The van der Waals surface area contributed by atoms with Crippen LogP contribution in [0.2, 0.25) is 0 Å². The number of rotatable bonds is 3. The Kier molecular flexibility index (Phi) is 4.55. The number of anilines is 1. The molecule has 0 heterocycles. The highest BCUT2D eigenvalue weighted by Gasteiger charge is 2.23. The predicted octanol–water partition coefficient (Wildman–Crippen LogP) is 4.66. The fourth-order valence-electron chi connectivity index (χ4n) is 2.18. The van der Waals surface area contributed by atoms with Crippen LogP contribution in [-0.2, 0) is 4.79 Å². The van der Waals surface area contributed by atoms with Gasteiger partial charge in [0.15, 0.2) is 0 Å². The van der Waals surface area contributed by atoms with Crippen molar-refractivity contribution in [3.8, 4) is 16.9 Å². The van der Waals surface area contributed by atoms with E-state index in [0.29, 0.717) is 0 Å². The number of hydrogen-bond acceptors (Lipinski definition) is 2. The van der Waals surface area contributed by atoms with Gasteiger partial charge in [-0.1, -0.05) is 51.1 Å². The van der Waals surface area contributed by atoms with Crippen molar-refractivity contribution < 1.29 is 9.53 Å². The molecule has 2 rings (SSSR count). The SMILES string of the molecule is COc1cc(C)c(NC(=O)C(C)(C)C)c(-c2ccccc2)c1. The lowest BCUT2D eigenvalue weighted by atomic mass is 9.94. The van der Waals surface area contributed by atoms with Crippen LogP contribution in [0.25, 0.3) is 11.1 Å². The van der Waals surface area contributed by atoms with Crippen molar-refractivity contribution in [3.63, 3.8) is 0 Å². The molecule has 0 aliphatic carbocycles. The highest BCUT2D eigenvalue weighted by molar-refractivity contribution is 5.99. The van der Waals surface area contributed by atoms with Crippen LogP contribution < -0.4 is 10.1 Å². The molecule has 0 unspecified atom stereocenters. The number of methoxy groups -OCH3 is 1. The minimum absolute atomic E-state index is 0.00190. The van der Waals surface area contributed by atoms with Crippen LogP contribution in [-0.4, -0.2) is 13.0 Å². The molecular weight excluding hydrogens is 274 g/mol. The fraction of sp³-hybridized carbons (Fsp3) is 0.316. The zero-order valence-corrected chi connectivity index (χ0v) is 13.9. The third-order valence-corrected chi connectivity index (χ3v) is 3.55. The maximum absolute atomic E-state index is 12.4. The average molecular weight is 297 g/mol. The van der Waals surface area contributed by atoms with Gasteiger partial charge in [-0.15, -0.1) is 0 Å². The average Bonchev–Trinajstić information content (AvgIpc) is 2.48. The molecule has 0 spiro atoms. The molecule has 0 fully saturated rings. The third kappa shape index (κ3) is 3.48. The number of amides is 1. The second-order valence-corrected chi connectivity index (χ2v) is 6.44. The van der Waals surface area contributed by atoms with E-state index < -0.39 is 5.41 Å². The third-order valence-electron chi connectivity index (χ3n) is 3.55. The Bertz CT molecular complexity index is 670. The standard InChI is InChI=1S/C19H23NO2/c1-13-11-15(22-5)12-16(14-9-7-6-8-10-14)17(13)20-18(21)19(2,3)4/h6-12H,1-5H3,(H,20,21). The van der Waals surface area contributed by atoms with Gasteiger partial charge in [0, 0.05) is 11.0 Å². The van der Waals surface area contributed by atoms with Crippen LogP contribution in [0.3, 0.4) is 0 Å². The van der Waals surface area contributed by atoms with Crippen molar-refractivity contribution in [3.05, 3.63) is 48.0 Å².